The minimum atomic E-state index is -0.236. The van der Waals surface area contributed by atoms with Gasteiger partial charge < -0.3 is 14.8 Å². The Hall–Kier alpha value is -3.58. The Morgan fingerprint density at radius 2 is 1.81 bits per heavy atom. The van der Waals surface area contributed by atoms with E-state index in [-0.39, 0.29) is 17.9 Å². The summed E-state index contributed by atoms with van der Waals surface area (Å²) in [6.07, 6.45) is 7.35. The predicted octanol–water partition coefficient (Wildman–Crippen LogP) is 4.89. The van der Waals surface area contributed by atoms with Crippen molar-refractivity contribution < 1.29 is 4.39 Å². The smallest absolute Gasteiger partial charge is 0.174 e. The van der Waals surface area contributed by atoms with E-state index in [0.29, 0.717) is 10.7 Å². The second-order valence-corrected chi connectivity index (χ2v) is 7.83. The zero-order valence-electron chi connectivity index (χ0n) is 16.8. The quantitative estimate of drug-likeness (QED) is 0.468. The zero-order valence-corrected chi connectivity index (χ0v) is 17.6. The molecule has 1 fully saturated rings. The molecule has 31 heavy (non-hydrogen) atoms. The number of aryl methyl sites for hydroxylation is 1. The molecule has 5 rings (SSSR count). The molecule has 0 saturated carbocycles. The van der Waals surface area contributed by atoms with Crippen molar-refractivity contribution in [3.63, 3.8) is 0 Å². The van der Waals surface area contributed by atoms with Gasteiger partial charge in [-0.15, -0.1) is 0 Å². The van der Waals surface area contributed by atoms with Crippen LogP contribution in [-0.2, 0) is 0 Å². The lowest BCUT2D eigenvalue weighted by Gasteiger charge is -2.29. The topological polar surface area (TPSA) is 46.0 Å². The lowest BCUT2D eigenvalue weighted by atomic mass is 10.0. The molecule has 1 saturated heterocycles. The van der Waals surface area contributed by atoms with Gasteiger partial charge in [0, 0.05) is 41.9 Å². The first-order valence-electron chi connectivity index (χ1n) is 9.98. The summed E-state index contributed by atoms with van der Waals surface area (Å²) in [6.45, 7) is 1.76. The summed E-state index contributed by atoms with van der Waals surface area (Å²) < 4.78 is 16.1. The minimum absolute atomic E-state index is 0.172. The van der Waals surface area contributed by atoms with Crippen molar-refractivity contribution in [3.8, 4) is 5.69 Å². The van der Waals surface area contributed by atoms with Crippen LogP contribution in [0.5, 0.6) is 0 Å². The first kappa shape index (κ1) is 19.4. The normalized spacial score (nSPS) is 18.3. The number of anilines is 1. The lowest BCUT2D eigenvalue weighted by Crippen LogP contribution is -2.30. The van der Waals surface area contributed by atoms with Gasteiger partial charge in [-0.1, -0.05) is 6.07 Å². The molecule has 7 heteroatoms. The van der Waals surface area contributed by atoms with E-state index < -0.39 is 0 Å². The summed E-state index contributed by atoms with van der Waals surface area (Å²) in [5.41, 5.74) is 4.34. The molecule has 0 amide bonds. The summed E-state index contributed by atoms with van der Waals surface area (Å²) in [4.78, 5) is 10.8. The van der Waals surface area contributed by atoms with E-state index in [1.54, 1.807) is 31.6 Å². The molecule has 0 unspecified atom stereocenters. The molecule has 3 aromatic heterocycles. The third kappa shape index (κ3) is 3.47. The highest BCUT2D eigenvalue weighted by Gasteiger charge is 2.42. The SMILES string of the molecule is Cc1cc(N2C(=S)N[C@@H](c3ccccn3)[C@@H]2c2cccn2-c2ccncc2)ccc1F. The Kier molecular flexibility index (Phi) is 4.95. The Bertz CT molecular complexity index is 1230. The molecule has 1 aromatic carbocycles. The molecular formula is C24H20FN5S. The van der Waals surface area contributed by atoms with E-state index in [1.165, 1.54) is 6.07 Å². The molecule has 0 bridgehead atoms. The number of aromatic nitrogens is 3. The monoisotopic (exact) mass is 429 g/mol. The van der Waals surface area contributed by atoms with Gasteiger partial charge in [0.15, 0.2) is 5.11 Å². The number of halogens is 1. The van der Waals surface area contributed by atoms with Gasteiger partial charge in [-0.2, -0.15) is 0 Å². The van der Waals surface area contributed by atoms with Gasteiger partial charge in [-0.05, 0) is 79.3 Å². The van der Waals surface area contributed by atoms with Crippen LogP contribution in [0.25, 0.3) is 5.69 Å². The zero-order chi connectivity index (χ0) is 21.4. The fraction of sp³-hybridized carbons (Fsp3) is 0.125. The maximum Gasteiger partial charge on any atom is 0.174 e. The maximum atomic E-state index is 14.0. The molecule has 4 aromatic rings. The number of hydrogen-bond acceptors (Lipinski definition) is 3. The Labute approximate surface area is 185 Å². The molecule has 5 nitrogen and oxygen atoms in total. The summed E-state index contributed by atoms with van der Waals surface area (Å²) >= 11 is 5.76. The highest BCUT2D eigenvalue weighted by molar-refractivity contribution is 7.80. The van der Waals surface area contributed by atoms with Crippen molar-refractivity contribution in [2.24, 2.45) is 0 Å². The third-order valence-corrected chi connectivity index (χ3v) is 5.86. The largest absolute Gasteiger partial charge is 0.351 e. The number of hydrogen-bond donors (Lipinski definition) is 1. The number of benzene rings is 1. The average Bonchev–Trinajstić information content (AvgIpc) is 3.41. The lowest BCUT2D eigenvalue weighted by molar-refractivity contribution is 0.549. The van der Waals surface area contributed by atoms with Crippen molar-refractivity contribution in [3.05, 3.63) is 108 Å². The van der Waals surface area contributed by atoms with Crippen molar-refractivity contribution >= 4 is 23.0 Å². The number of nitrogens with one attached hydrogen (secondary N) is 1. The van der Waals surface area contributed by atoms with Crippen molar-refractivity contribution in [2.45, 2.75) is 19.0 Å². The minimum Gasteiger partial charge on any atom is -0.351 e. The van der Waals surface area contributed by atoms with Gasteiger partial charge in [0.25, 0.3) is 0 Å². The Balaban J connectivity index is 1.68. The van der Waals surface area contributed by atoms with Gasteiger partial charge in [0.1, 0.15) is 11.9 Å². The summed E-state index contributed by atoms with van der Waals surface area (Å²) in [7, 11) is 0. The molecule has 0 radical (unpaired) electrons. The van der Waals surface area contributed by atoms with Crippen molar-refractivity contribution in [1.82, 2.24) is 19.9 Å². The van der Waals surface area contributed by atoms with Crippen LogP contribution in [0.2, 0.25) is 0 Å². The molecule has 154 valence electrons. The van der Waals surface area contributed by atoms with Crippen molar-refractivity contribution in [1.29, 1.82) is 0 Å². The second-order valence-electron chi connectivity index (χ2n) is 7.44. The van der Waals surface area contributed by atoms with E-state index in [9.17, 15) is 4.39 Å². The average molecular weight is 430 g/mol. The second kappa shape index (κ2) is 7.92. The van der Waals surface area contributed by atoms with Crippen LogP contribution in [0.1, 0.15) is 29.0 Å². The van der Waals surface area contributed by atoms with Gasteiger partial charge >= 0.3 is 0 Å². The standard InChI is InChI=1S/C24H20FN5S/c1-16-15-18(7-8-19(16)25)30-23(22(28-24(30)31)20-5-2-3-11-27-20)21-6-4-14-29(21)17-9-12-26-13-10-17/h2-15,22-23H,1H3,(H,28,31)/t22-,23-/m0/s1. The van der Waals surface area contributed by atoms with Crippen LogP contribution in [0.15, 0.2) is 85.5 Å². The van der Waals surface area contributed by atoms with Crippen LogP contribution >= 0.6 is 12.2 Å². The Morgan fingerprint density at radius 3 is 2.55 bits per heavy atom. The molecule has 1 N–H and O–H groups in total. The first-order chi connectivity index (χ1) is 15.1. The summed E-state index contributed by atoms with van der Waals surface area (Å²) in [5.74, 6) is -0.236. The first-order valence-corrected chi connectivity index (χ1v) is 10.4. The van der Waals surface area contributed by atoms with Crippen LogP contribution in [0.4, 0.5) is 10.1 Å². The Morgan fingerprint density at radius 1 is 0.968 bits per heavy atom. The van der Waals surface area contributed by atoms with E-state index >= 15 is 0 Å². The molecule has 0 aliphatic carbocycles. The molecular weight excluding hydrogens is 409 g/mol. The molecule has 1 aliphatic heterocycles. The van der Waals surface area contributed by atoms with Gasteiger partial charge in [-0.3, -0.25) is 9.97 Å². The number of pyridine rings is 2. The number of nitrogens with zero attached hydrogens (tertiary/aromatic N) is 4. The number of rotatable bonds is 4. The van der Waals surface area contributed by atoms with E-state index in [2.05, 4.69) is 25.9 Å². The van der Waals surface area contributed by atoms with Crippen LogP contribution in [-0.4, -0.2) is 19.6 Å². The van der Waals surface area contributed by atoms with Gasteiger partial charge in [-0.25, -0.2) is 4.39 Å². The van der Waals surface area contributed by atoms with E-state index in [0.717, 1.165) is 22.8 Å². The molecule has 0 spiro atoms. The molecule has 2 atom stereocenters. The van der Waals surface area contributed by atoms with E-state index in [4.69, 9.17) is 12.2 Å². The highest BCUT2D eigenvalue weighted by atomic mass is 32.1. The summed E-state index contributed by atoms with van der Waals surface area (Å²) in [5, 5.41) is 4.02. The van der Waals surface area contributed by atoms with Gasteiger partial charge in [0.05, 0.1) is 11.7 Å². The van der Waals surface area contributed by atoms with Crippen LogP contribution < -0.4 is 10.2 Å². The van der Waals surface area contributed by atoms with Crippen LogP contribution in [0, 0.1) is 12.7 Å². The number of thiocarbonyl (C=S) groups is 1. The third-order valence-electron chi connectivity index (χ3n) is 5.54. The highest BCUT2D eigenvalue weighted by Crippen LogP contribution is 2.42. The van der Waals surface area contributed by atoms with Gasteiger partial charge in [0.2, 0.25) is 0 Å². The summed E-state index contributed by atoms with van der Waals surface area (Å²) in [6, 6.07) is 18.6. The molecule has 1 aliphatic rings. The van der Waals surface area contributed by atoms with E-state index in [1.807, 2.05) is 53.6 Å². The predicted molar refractivity (Wildman–Crippen MR) is 123 cm³/mol. The fourth-order valence-electron chi connectivity index (χ4n) is 4.09. The molecule has 4 heterocycles. The maximum absolute atomic E-state index is 14.0. The van der Waals surface area contributed by atoms with Crippen molar-refractivity contribution in [2.75, 3.05) is 4.90 Å². The van der Waals surface area contributed by atoms with Crippen LogP contribution in [0.3, 0.4) is 0 Å². The fourth-order valence-corrected chi connectivity index (χ4v) is 4.43.